The number of para-hydroxylation sites is 1. The van der Waals surface area contributed by atoms with Crippen molar-refractivity contribution in [2.24, 2.45) is 5.92 Å². The molecule has 0 saturated heterocycles. The Bertz CT molecular complexity index is 712. The van der Waals surface area contributed by atoms with Crippen molar-refractivity contribution in [3.05, 3.63) is 65.7 Å². The molecule has 0 spiro atoms. The fourth-order valence-corrected chi connectivity index (χ4v) is 2.42. The Labute approximate surface area is 154 Å². The van der Waals surface area contributed by atoms with E-state index < -0.39 is 6.04 Å². The highest BCUT2D eigenvalue weighted by Gasteiger charge is 2.24. The van der Waals surface area contributed by atoms with Crippen LogP contribution in [0.2, 0.25) is 0 Å². The van der Waals surface area contributed by atoms with Crippen molar-refractivity contribution in [1.29, 1.82) is 0 Å². The van der Waals surface area contributed by atoms with Gasteiger partial charge in [0.1, 0.15) is 11.8 Å². The van der Waals surface area contributed by atoms with E-state index in [1.54, 1.807) is 12.1 Å². The van der Waals surface area contributed by atoms with E-state index in [0.29, 0.717) is 12.3 Å². The summed E-state index contributed by atoms with van der Waals surface area (Å²) < 4.78 is 5.42. The summed E-state index contributed by atoms with van der Waals surface area (Å²) in [6.45, 7) is 6.12. The van der Waals surface area contributed by atoms with Crippen LogP contribution in [0.1, 0.15) is 25.0 Å². The van der Waals surface area contributed by atoms with E-state index in [2.05, 4.69) is 10.6 Å². The summed E-state index contributed by atoms with van der Waals surface area (Å²) in [6.07, 6.45) is 0. The van der Waals surface area contributed by atoms with E-state index in [-0.39, 0.29) is 24.3 Å². The predicted molar refractivity (Wildman–Crippen MR) is 102 cm³/mol. The number of hydrogen-bond donors (Lipinski definition) is 2. The molecule has 2 aromatic rings. The van der Waals surface area contributed by atoms with Gasteiger partial charge in [0.25, 0.3) is 5.91 Å². The fraction of sp³-hybridized carbons (Fsp3) is 0.333. The van der Waals surface area contributed by atoms with Crippen LogP contribution in [0.25, 0.3) is 0 Å². The third kappa shape index (κ3) is 6.24. The molecule has 0 saturated carbocycles. The van der Waals surface area contributed by atoms with Gasteiger partial charge in [-0.3, -0.25) is 9.59 Å². The molecule has 2 rings (SSSR count). The summed E-state index contributed by atoms with van der Waals surface area (Å²) in [7, 11) is 0. The minimum Gasteiger partial charge on any atom is -0.484 e. The van der Waals surface area contributed by atoms with Gasteiger partial charge in [-0.15, -0.1) is 0 Å². The molecule has 0 aliphatic rings. The Balaban J connectivity index is 1.85. The Morgan fingerprint density at radius 1 is 1.00 bits per heavy atom. The molecule has 26 heavy (non-hydrogen) atoms. The predicted octanol–water partition coefficient (Wildman–Crippen LogP) is 2.83. The maximum atomic E-state index is 12.5. The summed E-state index contributed by atoms with van der Waals surface area (Å²) in [5.41, 5.74) is 2.19. The molecule has 0 heterocycles. The lowest BCUT2D eigenvalue weighted by Crippen LogP contribution is -2.50. The highest BCUT2D eigenvalue weighted by molar-refractivity contribution is 5.88. The maximum absolute atomic E-state index is 12.5. The molecule has 1 atom stereocenters. The van der Waals surface area contributed by atoms with Crippen LogP contribution in [0.15, 0.2) is 54.6 Å². The number of ether oxygens (including phenoxy) is 1. The second-order valence-corrected chi connectivity index (χ2v) is 6.59. The Morgan fingerprint density at radius 3 is 2.27 bits per heavy atom. The molecule has 5 nitrogen and oxygen atoms in total. The van der Waals surface area contributed by atoms with Gasteiger partial charge in [-0.05, 0) is 30.5 Å². The van der Waals surface area contributed by atoms with Gasteiger partial charge in [-0.2, -0.15) is 0 Å². The van der Waals surface area contributed by atoms with E-state index in [9.17, 15) is 9.59 Å². The summed E-state index contributed by atoms with van der Waals surface area (Å²) in [5, 5.41) is 5.64. The number of nitrogens with one attached hydrogen (secondary N) is 2. The molecule has 0 fully saturated rings. The van der Waals surface area contributed by atoms with Crippen LogP contribution in [0.5, 0.6) is 5.75 Å². The van der Waals surface area contributed by atoms with Crippen LogP contribution in [0, 0.1) is 12.8 Å². The van der Waals surface area contributed by atoms with Crippen molar-refractivity contribution >= 4 is 11.8 Å². The minimum absolute atomic E-state index is 0.0336. The van der Waals surface area contributed by atoms with Crippen molar-refractivity contribution in [2.45, 2.75) is 33.4 Å². The van der Waals surface area contributed by atoms with Crippen molar-refractivity contribution in [2.75, 3.05) is 6.61 Å². The van der Waals surface area contributed by atoms with Gasteiger partial charge in [0.2, 0.25) is 5.91 Å². The SMILES string of the molecule is Cc1ccc(CNC(=O)[C@@H](NC(=O)COc2ccccc2)C(C)C)cc1. The van der Waals surface area contributed by atoms with Crippen LogP contribution in [-0.4, -0.2) is 24.5 Å². The molecule has 2 aromatic carbocycles. The third-order valence-corrected chi connectivity index (χ3v) is 3.97. The second-order valence-electron chi connectivity index (χ2n) is 6.59. The van der Waals surface area contributed by atoms with Gasteiger partial charge in [-0.1, -0.05) is 61.9 Å². The first-order valence-corrected chi connectivity index (χ1v) is 8.76. The molecule has 0 unspecified atom stereocenters. The lowest BCUT2D eigenvalue weighted by Gasteiger charge is -2.22. The number of carbonyl (C=O) groups excluding carboxylic acids is 2. The number of hydrogen-bond acceptors (Lipinski definition) is 3. The molecule has 0 radical (unpaired) electrons. The molecular formula is C21H26N2O3. The average molecular weight is 354 g/mol. The van der Waals surface area contributed by atoms with Crippen LogP contribution < -0.4 is 15.4 Å². The van der Waals surface area contributed by atoms with Crippen LogP contribution >= 0.6 is 0 Å². The standard InChI is InChI=1S/C21H26N2O3/c1-15(2)20(21(25)22-13-17-11-9-16(3)10-12-17)23-19(24)14-26-18-7-5-4-6-8-18/h4-12,15,20H,13-14H2,1-3H3,(H,22,25)(H,23,24)/t20-/m0/s1. The van der Waals surface area contributed by atoms with Gasteiger partial charge >= 0.3 is 0 Å². The molecule has 0 aliphatic heterocycles. The highest BCUT2D eigenvalue weighted by Crippen LogP contribution is 2.08. The lowest BCUT2D eigenvalue weighted by atomic mass is 10.0. The number of aryl methyl sites for hydroxylation is 1. The summed E-state index contributed by atoms with van der Waals surface area (Å²) in [6, 6.07) is 16.5. The molecule has 5 heteroatoms. The Hall–Kier alpha value is -2.82. The monoisotopic (exact) mass is 354 g/mol. The second kappa shape index (κ2) is 9.61. The van der Waals surface area contributed by atoms with Gasteiger partial charge in [0.05, 0.1) is 0 Å². The van der Waals surface area contributed by atoms with Gasteiger partial charge in [-0.25, -0.2) is 0 Å². The minimum atomic E-state index is -0.604. The molecule has 2 N–H and O–H groups in total. The molecule has 0 aromatic heterocycles. The van der Waals surface area contributed by atoms with Crippen molar-refractivity contribution in [1.82, 2.24) is 10.6 Å². The Morgan fingerprint density at radius 2 is 1.65 bits per heavy atom. The number of rotatable bonds is 8. The van der Waals surface area contributed by atoms with Crippen molar-refractivity contribution < 1.29 is 14.3 Å². The van der Waals surface area contributed by atoms with Gasteiger partial charge in [0, 0.05) is 6.54 Å². The van der Waals surface area contributed by atoms with Crippen LogP contribution in [-0.2, 0) is 16.1 Å². The zero-order valence-electron chi connectivity index (χ0n) is 15.5. The first-order valence-electron chi connectivity index (χ1n) is 8.76. The number of benzene rings is 2. The zero-order valence-corrected chi connectivity index (χ0v) is 15.5. The first-order chi connectivity index (χ1) is 12.5. The van der Waals surface area contributed by atoms with E-state index in [1.165, 1.54) is 5.56 Å². The van der Waals surface area contributed by atoms with Gasteiger partial charge < -0.3 is 15.4 Å². The van der Waals surface area contributed by atoms with Crippen LogP contribution in [0.4, 0.5) is 0 Å². The highest BCUT2D eigenvalue weighted by atomic mass is 16.5. The lowest BCUT2D eigenvalue weighted by molar-refractivity contribution is -0.131. The largest absolute Gasteiger partial charge is 0.484 e. The quantitative estimate of drug-likeness (QED) is 0.766. The zero-order chi connectivity index (χ0) is 18.9. The molecular weight excluding hydrogens is 328 g/mol. The molecule has 2 amide bonds. The smallest absolute Gasteiger partial charge is 0.258 e. The van der Waals surface area contributed by atoms with E-state index in [1.807, 2.05) is 63.2 Å². The number of carbonyl (C=O) groups is 2. The van der Waals surface area contributed by atoms with Crippen molar-refractivity contribution in [3.63, 3.8) is 0 Å². The van der Waals surface area contributed by atoms with Crippen LogP contribution in [0.3, 0.4) is 0 Å². The molecule has 138 valence electrons. The third-order valence-electron chi connectivity index (χ3n) is 3.97. The van der Waals surface area contributed by atoms with E-state index in [0.717, 1.165) is 5.56 Å². The Kier molecular flexibility index (Phi) is 7.21. The normalized spacial score (nSPS) is 11.7. The maximum Gasteiger partial charge on any atom is 0.258 e. The van der Waals surface area contributed by atoms with Crippen molar-refractivity contribution in [3.8, 4) is 5.75 Å². The number of amides is 2. The van der Waals surface area contributed by atoms with E-state index >= 15 is 0 Å². The first kappa shape index (κ1) is 19.5. The molecule has 0 bridgehead atoms. The summed E-state index contributed by atoms with van der Waals surface area (Å²) in [5.74, 6) is 0.0629. The van der Waals surface area contributed by atoms with Gasteiger partial charge in [0.15, 0.2) is 6.61 Å². The van der Waals surface area contributed by atoms with E-state index in [4.69, 9.17) is 4.74 Å². The molecule has 0 aliphatic carbocycles. The topological polar surface area (TPSA) is 67.4 Å². The summed E-state index contributed by atoms with van der Waals surface area (Å²) >= 11 is 0. The fourth-order valence-electron chi connectivity index (χ4n) is 2.42. The summed E-state index contributed by atoms with van der Waals surface area (Å²) in [4.78, 5) is 24.6. The average Bonchev–Trinajstić information content (AvgIpc) is 2.64.